The molecule has 2 N–H and O–H groups in total. The zero-order valence-corrected chi connectivity index (χ0v) is 13.1. The van der Waals surface area contributed by atoms with Gasteiger partial charge in [-0.2, -0.15) is 0 Å². The van der Waals surface area contributed by atoms with Crippen LogP contribution in [0.3, 0.4) is 0 Å². The number of carbonyl (C=O) groups excluding carboxylic acids is 1. The maximum atomic E-state index is 11.3. The van der Waals surface area contributed by atoms with Crippen LogP contribution >= 0.6 is 0 Å². The summed E-state index contributed by atoms with van der Waals surface area (Å²) in [4.78, 5) is 13.4. The number of ether oxygens (including phenoxy) is 1. The minimum atomic E-state index is -0.442. The van der Waals surface area contributed by atoms with Crippen LogP contribution < -0.4 is 15.5 Å². The number of amides is 1. The first-order valence-electron chi connectivity index (χ1n) is 7.16. The second kappa shape index (κ2) is 7.36. The van der Waals surface area contributed by atoms with Crippen molar-refractivity contribution >= 4 is 28.8 Å². The van der Waals surface area contributed by atoms with E-state index in [9.17, 15) is 4.79 Å². The van der Waals surface area contributed by atoms with Crippen molar-refractivity contribution < 1.29 is 9.53 Å². The highest BCUT2D eigenvalue weighted by molar-refractivity contribution is 5.85. The zero-order chi connectivity index (χ0) is 15.9. The number of hydrogen-bond acceptors (Lipinski definition) is 4. The molecule has 2 aromatic rings. The van der Waals surface area contributed by atoms with Gasteiger partial charge in [0.05, 0.1) is 6.61 Å². The number of hydrogen-bond donors (Lipinski definition) is 2. The minimum Gasteiger partial charge on any atom is -0.450 e. The fraction of sp³-hybridized carbons (Fsp3) is 0.235. The van der Waals surface area contributed by atoms with Gasteiger partial charge in [-0.3, -0.25) is 5.32 Å². The topological polar surface area (TPSA) is 53.6 Å². The summed E-state index contributed by atoms with van der Waals surface area (Å²) in [6.45, 7) is 2.13. The van der Waals surface area contributed by atoms with Gasteiger partial charge in [0.25, 0.3) is 0 Å². The smallest absolute Gasteiger partial charge is 0.411 e. The molecule has 5 nitrogen and oxygen atoms in total. The average molecular weight is 299 g/mol. The van der Waals surface area contributed by atoms with Crippen LogP contribution in [-0.4, -0.2) is 26.8 Å². The summed E-state index contributed by atoms with van der Waals surface area (Å²) in [5.74, 6) is 0. The van der Waals surface area contributed by atoms with Gasteiger partial charge in [-0.1, -0.05) is 0 Å². The van der Waals surface area contributed by atoms with Crippen LogP contribution in [0.1, 0.15) is 6.92 Å². The van der Waals surface area contributed by atoms with Crippen LogP contribution in [0.5, 0.6) is 0 Å². The van der Waals surface area contributed by atoms with E-state index in [0.29, 0.717) is 12.3 Å². The van der Waals surface area contributed by atoms with Gasteiger partial charge in [0, 0.05) is 36.8 Å². The Morgan fingerprint density at radius 1 is 0.955 bits per heavy atom. The third kappa shape index (κ3) is 4.41. The molecule has 0 unspecified atom stereocenters. The van der Waals surface area contributed by atoms with Gasteiger partial charge in [0.15, 0.2) is 0 Å². The Morgan fingerprint density at radius 3 is 1.95 bits per heavy atom. The van der Waals surface area contributed by atoms with Crippen molar-refractivity contribution in [2.75, 3.05) is 36.2 Å². The molecule has 116 valence electrons. The maximum absolute atomic E-state index is 11.3. The van der Waals surface area contributed by atoms with Crippen LogP contribution in [0.4, 0.5) is 27.5 Å². The molecular weight excluding hydrogens is 278 g/mol. The summed E-state index contributed by atoms with van der Waals surface area (Å²) < 4.78 is 4.83. The van der Waals surface area contributed by atoms with Gasteiger partial charge in [0.2, 0.25) is 0 Å². The molecule has 0 fully saturated rings. The summed E-state index contributed by atoms with van der Waals surface area (Å²) in [6, 6.07) is 15.6. The fourth-order valence-electron chi connectivity index (χ4n) is 1.93. The molecule has 0 aliphatic heterocycles. The van der Waals surface area contributed by atoms with Crippen LogP contribution in [0.2, 0.25) is 0 Å². The van der Waals surface area contributed by atoms with E-state index >= 15 is 0 Å². The molecule has 0 radical (unpaired) electrons. The summed E-state index contributed by atoms with van der Waals surface area (Å²) in [5, 5.41) is 5.97. The van der Waals surface area contributed by atoms with Crippen LogP contribution in [0.25, 0.3) is 0 Å². The second-order valence-corrected chi connectivity index (χ2v) is 4.99. The molecule has 0 aliphatic rings. The van der Waals surface area contributed by atoms with Crippen molar-refractivity contribution in [2.24, 2.45) is 0 Å². The number of rotatable bonds is 5. The van der Waals surface area contributed by atoms with Crippen molar-refractivity contribution in [1.29, 1.82) is 0 Å². The first-order valence-corrected chi connectivity index (χ1v) is 7.16. The Morgan fingerprint density at radius 2 is 1.45 bits per heavy atom. The molecule has 2 rings (SSSR count). The average Bonchev–Trinajstić information content (AvgIpc) is 2.50. The first kappa shape index (κ1) is 15.7. The third-order valence-electron chi connectivity index (χ3n) is 3.08. The third-order valence-corrected chi connectivity index (χ3v) is 3.08. The molecule has 0 bridgehead atoms. The Labute approximate surface area is 130 Å². The standard InChI is InChI=1S/C17H21N3O2/c1-4-22-17(21)19-15-7-5-13(6-8-15)18-14-9-11-16(12-10-14)20(2)3/h5-12,18H,4H2,1-3H3,(H,19,21). The van der Waals surface area contributed by atoms with E-state index in [-0.39, 0.29) is 0 Å². The predicted octanol–water partition coefficient (Wildman–Crippen LogP) is 4.06. The van der Waals surface area contributed by atoms with Gasteiger partial charge in [-0.25, -0.2) is 4.79 Å². The monoisotopic (exact) mass is 299 g/mol. The maximum Gasteiger partial charge on any atom is 0.411 e. The molecule has 0 aromatic heterocycles. The lowest BCUT2D eigenvalue weighted by molar-refractivity contribution is 0.168. The highest BCUT2D eigenvalue weighted by atomic mass is 16.5. The van der Waals surface area contributed by atoms with Crippen molar-refractivity contribution in [2.45, 2.75) is 6.92 Å². The lowest BCUT2D eigenvalue weighted by Gasteiger charge is -2.13. The van der Waals surface area contributed by atoms with E-state index in [4.69, 9.17) is 4.74 Å². The quantitative estimate of drug-likeness (QED) is 0.874. The van der Waals surface area contributed by atoms with Gasteiger partial charge >= 0.3 is 6.09 Å². The molecule has 1 amide bonds. The van der Waals surface area contributed by atoms with Crippen molar-refractivity contribution in [3.63, 3.8) is 0 Å². The Bertz CT molecular complexity index is 607. The summed E-state index contributed by atoms with van der Waals surface area (Å²) in [7, 11) is 4.02. The van der Waals surface area contributed by atoms with Crippen LogP contribution in [-0.2, 0) is 4.74 Å². The van der Waals surface area contributed by atoms with Gasteiger partial charge in [-0.05, 0) is 55.5 Å². The molecule has 0 spiro atoms. The first-order chi connectivity index (χ1) is 10.6. The number of nitrogens with zero attached hydrogens (tertiary/aromatic N) is 1. The molecule has 0 heterocycles. The number of benzene rings is 2. The lowest BCUT2D eigenvalue weighted by atomic mass is 10.2. The van der Waals surface area contributed by atoms with Crippen molar-refractivity contribution in [3.05, 3.63) is 48.5 Å². The normalized spacial score (nSPS) is 9.95. The minimum absolute atomic E-state index is 0.356. The van der Waals surface area contributed by atoms with Crippen molar-refractivity contribution in [1.82, 2.24) is 0 Å². The predicted molar refractivity (Wildman–Crippen MR) is 91.1 cm³/mol. The second-order valence-electron chi connectivity index (χ2n) is 4.99. The van der Waals surface area contributed by atoms with Gasteiger partial charge < -0.3 is 15.0 Å². The molecule has 0 saturated carbocycles. The summed E-state index contributed by atoms with van der Waals surface area (Å²) in [6.07, 6.45) is -0.442. The fourth-order valence-corrected chi connectivity index (χ4v) is 1.93. The van der Waals surface area contributed by atoms with E-state index < -0.39 is 6.09 Å². The van der Waals surface area contributed by atoms with E-state index in [1.165, 1.54) is 0 Å². The molecular formula is C17H21N3O2. The molecule has 0 aliphatic carbocycles. The summed E-state index contributed by atoms with van der Waals surface area (Å²) in [5.41, 5.74) is 3.82. The summed E-state index contributed by atoms with van der Waals surface area (Å²) >= 11 is 0. The molecule has 22 heavy (non-hydrogen) atoms. The molecule has 0 saturated heterocycles. The Kier molecular flexibility index (Phi) is 5.25. The molecule has 5 heteroatoms. The van der Waals surface area contributed by atoms with E-state index in [0.717, 1.165) is 17.1 Å². The largest absolute Gasteiger partial charge is 0.450 e. The number of anilines is 4. The number of carbonyl (C=O) groups is 1. The van der Waals surface area contributed by atoms with Crippen LogP contribution in [0.15, 0.2) is 48.5 Å². The zero-order valence-electron chi connectivity index (χ0n) is 13.1. The van der Waals surface area contributed by atoms with Crippen LogP contribution in [0, 0.1) is 0 Å². The Hall–Kier alpha value is -2.69. The Balaban J connectivity index is 1.97. The SMILES string of the molecule is CCOC(=O)Nc1ccc(Nc2ccc(N(C)C)cc2)cc1. The van der Waals surface area contributed by atoms with Gasteiger partial charge in [0.1, 0.15) is 0 Å². The van der Waals surface area contributed by atoms with Crippen molar-refractivity contribution in [3.8, 4) is 0 Å². The lowest BCUT2D eigenvalue weighted by Crippen LogP contribution is -2.13. The van der Waals surface area contributed by atoms with E-state index in [2.05, 4.69) is 27.7 Å². The highest BCUT2D eigenvalue weighted by Crippen LogP contribution is 2.21. The molecule has 0 atom stereocenters. The van der Waals surface area contributed by atoms with Gasteiger partial charge in [-0.15, -0.1) is 0 Å². The van der Waals surface area contributed by atoms with E-state index in [1.807, 2.05) is 50.5 Å². The van der Waals surface area contributed by atoms with E-state index in [1.54, 1.807) is 6.92 Å². The number of nitrogens with one attached hydrogen (secondary N) is 2. The highest BCUT2D eigenvalue weighted by Gasteiger charge is 2.02. The molecule has 2 aromatic carbocycles.